The van der Waals surface area contributed by atoms with Gasteiger partial charge in [0.05, 0.1) is 12.5 Å². The van der Waals surface area contributed by atoms with Gasteiger partial charge in [0.1, 0.15) is 0 Å². The van der Waals surface area contributed by atoms with Gasteiger partial charge in [0, 0.05) is 13.0 Å². The number of carboxylic acids is 1. The molecule has 1 rings (SSSR count). The van der Waals surface area contributed by atoms with Crippen molar-refractivity contribution in [3.63, 3.8) is 0 Å². The zero-order valence-corrected chi connectivity index (χ0v) is 11.2. The van der Waals surface area contributed by atoms with Gasteiger partial charge in [0.25, 0.3) is 0 Å². The minimum atomic E-state index is -0.816. The molecule has 1 aliphatic rings. The van der Waals surface area contributed by atoms with E-state index in [2.05, 4.69) is 11.2 Å². The number of nitrogens with two attached hydrogens (primary N) is 1. The Morgan fingerprint density at radius 1 is 1.37 bits per heavy atom. The van der Waals surface area contributed by atoms with E-state index in [0.717, 1.165) is 32.1 Å². The van der Waals surface area contributed by atoms with E-state index >= 15 is 0 Å². The molecule has 1 amide bonds. The molecule has 1 unspecified atom stereocenters. The van der Waals surface area contributed by atoms with Gasteiger partial charge in [-0.25, -0.2) is 0 Å². The molecule has 0 heterocycles. The van der Waals surface area contributed by atoms with Gasteiger partial charge >= 0.3 is 5.97 Å². The molecule has 0 aliphatic heterocycles. The van der Waals surface area contributed by atoms with Crippen molar-refractivity contribution in [2.75, 3.05) is 6.54 Å². The third-order valence-corrected chi connectivity index (χ3v) is 3.75. The van der Waals surface area contributed by atoms with Crippen LogP contribution in [-0.4, -0.2) is 29.6 Å². The number of aliphatic carboxylic acids is 1. The lowest BCUT2D eigenvalue weighted by atomic mass is 9.71. The fourth-order valence-electron chi connectivity index (χ4n) is 2.66. The Morgan fingerprint density at radius 2 is 2.00 bits per heavy atom. The van der Waals surface area contributed by atoms with Gasteiger partial charge in [-0.15, -0.1) is 12.3 Å². The second-order valence-corrected chi connectivity index (χ2v) is 5.36. The van der Waals surface area contributed by atoms with E-state index in [1.165, 1.54) is 0 Å². The summed E-state index contributed by atoms with van der Waals surface area (Å²) in [6.07, 6.45) is 10.2. The van der Waals surface area contributed by atoms with Crippen molar-refractivity contribution in [2.24, 2.45) is 11.1 Å². The van der Waals surface area contributed by atoms with E-state index in [1.807, 2.05) is 0 Å². The molecule has 0 aromatic rings. The minimum absolute atomic E-state index is 0.0949. The monoisotopic (exact) mass is 266 g/mol. The molecule has 1 aliphatic carbocycles. The fraction of sp³-hybridized carbons (Fsp3) is 0.714. The maximum absolute atomic E-state index is 11.7. The SMILES string of the molecule is C#CCC(N)C(=O)NCC1(CC(=O)O)CCCCC1. The van der Waals surface area contributed by atoms with Crippen LogP contribution in [0.4, 0.5) is 0 Å². The van der Waals surface area contributed by atoms with Crippen molar-refractivity contribution in [3.05, 3.63) is 0 Å². The summed E-state index contributed by atoms with van der Waals surface area (Å²) in [5.74, 6) is 1.23. The maximum atomic E-state index is 11.7. The molecule has 1 atom stereocenters. The topological polar surface area (TPSA) is 92.4 Å². The van der Waals surface area contributed by atoms with Gasteiger partial charge < -0.3 is 16.2 Å². The van der Waals surface area contributed by atoms with Crippen LogP contribution in [0.2, 0.25) is 0 Å². The normalized spacial score (nSPS) is 19.2. The molecular formula is C14H22N2O3. The van der Waals surface area contributed by atoms with Crippen LogP contribution in [0.1, 0.15) is 44.9 Å². The van der Waals surface area contributed by atoms with Gasteiger partial charge in [-0.3, -0.25) is 9.59 Å². The van der Waals surface area contributed by atoms with Crippen LogP contribution in [0, 0.1) is 17.8 Å². The van der Waals surface area contributed by atoms with Crippen LogP contribution >= 0.6 is 0 Å². The predicted octanol–water partition coefficient (Wildman–Crippen LogP) is 0.878. The number of carbonyl (C=O) groups is 2. The van der Waals surface area contributed by atoms with Crippen LogP contribution in [-0.2, 0) is 9.59 Å². The van der Waals surface area contributed by atoms with E-state index in [9.17, 15) is 9.59 Å². The average Bonchev–Trinajstić information content (AvgIpc) is 2.36. The number of hydrogen-bond acceptors (Lipinski definition) is 3. The molecule has 1 saturated carbocycles. The van der Waals surface area contributed by atoms with Crippen LogP contribution in [0.3, 0.4) is 0 Å². The standard InChI is InChI=1S/C14H22N2O3/c1-2-6-11(15)13(19)16-10-14(9-12(17)18)7-4-3-5-8-14/h1,11H,3-10,15H2,(H,16,19)(H,17,18). The lowest BCUT2D eigenvalue weighted by Gasteiger charge is -2.36. The summed E-state index contributed by atoms with van der Waals surface area (Å²) in [7, 11) is 0. The highest BCUT2D eigenvalue weighted by atomic mass is 16.4. The Morgan fingerprint density at radius 3 is 2.53 bits per heavy atom. The van der Waals surface area contributed by atoms with Gasteiger partial charge in [-0.2, -0.15) is 0 Å². The number of amides is 1. The van der Waals surface area contributed by atoms with E-state index in [1.54, 1.807) is 0 Å². The average molecular weight is 266 g/mol. The number of carbonyl (C=O) groups excluding carboxylic acids is 1. The van der Waals surface area contributed by atoms with Crippen LogP contribution < -0.4 is 11.1 Å². The summed E-state index contributed by atoms with van der Waals surface area (Å²) in [6, 6.07) is -0.713. The third kappa shape index (κ3) is 4.92. The first-order valence-corrected chi connectivity index (χ1v) is 6.68. The minimum Gasteiger partial charge on any atom is -0.481 e. The largest absolute Gasteiger partial charge is 0.481 e. The van der Waals surface area contributed by atoms with Crippen molar-refractivity contribution in [1.82, 2.24) is 5.32 Å². The van der Waals surface area contributed by atoms with Crippen LogP contribution in [0.25, 0.3) is 0 Å². The number of rotatable bonds is 6. The van der Waals surface area contributed by atoms with E-state index < -0.39 is 12.0 Å². The van der Waals surface area contributed by atoms with E-state index in [-0.39, 0.29) is 24.2 Å². The molecule has 1 fully saturated rings. The van der Waals surface area contributed by atoms with Gasteiger partial charge in [-0.05, 0) is 18.3 Å². The van der Waals surface area contributed by atoms with Crippen LogP contribution in [0.5, 0.6) is 0 Å². The summed E-state index contributed by atoms with van der Waals surface area (Å²) < 4.78 is 0. The molecule has 0 radical (unpaired) electrons. The smallest absolute Gasteiger partial charge is 0.303 e. The number of nitrogens with one attached hydrogen (secondary N) is 1. The number of carboxylic acid groups (broad SMARTS) is 1. The second kappa shape index (κ2) is 7.15. The molecule has 106 valence electrons. The lowest BCUT2D eigenvalue weighted by molar-refractivity contribution is -0.140. The zero-order chi connectivity index (χ0) is 14.3. The highest BCUT2D eigenvalue weighted by Crippen LogP contribution is 2.38. The highest BCUT2D eigenvalue weighted by Gasteiger charge is 2.35. The summed E-state index contributed by atoms with van der Waals surface area (Å²) in [5.41, 5.74) is 5.29. The van der Waals surface area contributed by atoms with Crippen molar-refractivity contribution in [1.29, 1.82) is 0 Å². The number of terminal acetylenes is 1. The van der Waals surface area contributed by atoms with Crippen molar-refractivity contribution >= 4 is 11.9 Å². The molecule has 5 nitrogen and oxygen atoms in total. The molecule has 4 N–H and O–H groups in total. The molecule has 0 aromatic carbocycles. The molecule has 0 spiro atoms. The first kappa shape index (κ1) is 15.5. The van der Waals surface area contributed by atoms with Crippen molar-refractivity contribution in [3.8, 4) is 12.3 Å². The summed E-state index contributed by atoms with van der Waals surface area (Å²) in [4.78, 5) is 22.7. The Hall–Kier alpha value is -1.54. The van der Waals surface area contributed by atoms with Crippen molar-refractivity contribution in [2.45, 2.75) is 51.0 Å². The molecular weight excluding hydrogens is 244 g/mol. The summed E-state index contributed by atoms with van der Waals surface area (Å²) >= 11 is 0. The summed E-state index contributed by atoms with van der Waals surface area (Å²) in [6.45, 7) is 0.371. The van der Waals surface area contributed by atoms with Crippen LogP contribution in [0.15, 0.2) is 0 Å². The quantitative estimate of drug-likeness (QED) is 0.622. The Kier molecular flexibility index (Phi) is 5.84. The Labute approximate surface area is 113 Å². The maximum Gasteiger partial charge on any atom is 0.303 e. The predicted molar refractivity (Wildman–Crippen MR) is 72.2 cm³/mol. The Bertz CT molecular complexity index is 367. The first-order chi connectivity index (χ1) is 8.99. The number of hydrogen-bond donors (Lipinski definition) is 3. The lowest BCUT2D eigenvalue weighted by Crippen LogP contribution is -2.46. The van der Waals surface area contributed by atoms with Gasteiger partial charge in [0.15, 0.2) is 0 Å². The summed E-state index contributed by atoms with van der Waals surface area (Å²) in [5, 5.41) is 11.8. The third-order valence-electron chi connectivity index (χ3n) is 3.75. The van der Waals surface area contributed by atoms with Gasteiger partial charge in [0.2, 0.25) is 5.91 Å². The molecule has 19 heavy (non-hydrogen) atoms. The molecule has 0 aromatic heterocycles. The molecule has 0 saturated heterocycles. The van der Waals surface area contributed by atoms with E-state index in [0.29, 0.717) is 6.54 Å². The zero-order valence-electron chi connectivity index (χ0n) is 11.2. The molecule has 0 bridgehead atoms. The fourth-order valence-corrected chi connectivity index (χ4v) is 2.66. The Balaban J connectivity index is 2.56. The van der Waals surface area contributed by atoms with Gasteiger partial charge in [-0.1, -0.05) is 19.3 Å². The highest BCUT2D eigenvalue weighted by molar-refractivity contribution is 5.81. The van der Waals surface area contributed by atoms with Crippen molar-refractivity contribution < 1.29 is 14.7 Å². The molecule has 5 heteroatoms. The first-order valence-electron chi connectivity index (χ1n) is 6.68. The van der Waals surface area contributed by atoms with E-state index in [4.69, 9.17) is 17.3 Å². The second-order valence-electron chi connectivity index (χ2n) is 5.36.